The molecular formula is C16H18OS. The smallest absolute Gasteiger partial charge is 0.119 e. The first kappa shape index (κ1) is 13.0. The van der Waals surface area contributed by atoms with E-state index in [4.69, 9.17) is 4.74 Å². The summed E-state index contributed by atoms with van der Waals surface area (Å²) in [6.07, 6.45) is 1.07. The minimum atomic E-state index is 0.741. The van der Waals surface area contributed by atoms with Crippen LogP contribution in [0, 0.1) is 0 Å². The second kappa shape index (κ2) is 7.12. The van der Waals surface area contributed by atoms with Gasteiger partial charge in [-0.1, -0.05) is 37.3 Å². The summed E-state index contributed by atoms with van der Waals surface area (Å²) in [5.74, 6) is 1.93. The number of benzene rings is 2. The fraction of sp³-hybridized carbons (Fsp3) is 0.250. The molecule has 2 aromatic carbocycles. The second-order valence-corrected chi connectivity index (χ2v) is 5.18. The Morgan fingerprint density at radius 1 is 0.944 bits per heavy atom. The van der Waals surface area contributed by atoms with E-state index in [9.17, 15) is 0 Å². The quantitative estimate of drug-likeness (QED) is 0.560. The van der Waals surface area contributed by atoms with Crippen LogP contribution >= 0.6 is 11.8 Å². The lowest BCUT2D eigenvalue weighted by Crippen LogP contribution is -1.99. The summed E-state index contributed by atoms with van der Waals surface area (Å²) in [5.41, 5.74) is 1.35. The summed E-state index contributed by atoms with van der Waals surface area (Å²) in [6.45, 7) is 2.90. The van der Waals surface area contributed by atoms with Gasteiger partial charge in [-0.25, -0.2) is 0 Å². The van der Waals surface area contributed by atoms with Crippen LogP contribution in [0.3, 0.4) is 0 Å². The Morgan fingerprint density at radius 3 is 2.33 bits per heavy atom. The number of thioether (sulfide) groups is 1. The number of ether oxygens (including phenoxy) is 1. The third-order valence-corrected chi connectivity index (χ3v) is 3.67. The van der Waals surface area contributed by atoms with Crippen LogP contribution < -0.4 is 4.74 Å². The molecule has 0 bridgehead atoms. The summed E-state index contributed by atoms with van der Waals surface area (Å²) >= 11 is 1.82. The van der Waals surface area contributed by atoms with Crippen molar-refractivity contribution in [1.29, 1.82) is 0 Å². The summed E-state index contributed by atoms with van der Waals surface area (Å²) in [6, 6.07) is 18.8. The first-order chi connectivity index (χ1) is 8.88. The molecule has 0 aliphatic heterocycles. The van der Waals surface area contributed by atoms with Crippen LogP contribution in [-0.2, 0) is 6.42 Å². The highest BCUT2D eigenvalue weighted by Gasteiger charge is 1.96. The Kier molecular flexibility index (Phi) is 5.15. The molecule has 0 heterocycles. The topological polar surface area (TPSA) is 9.23 Å². The molecule has 0 atom stereocenters. The molecule has 0 spiro atoms. The Labute approximate surface area is 113 Å². The summed E-state index contributed by atoms with van der Waals surface area (Å²) < 4.78 is 5.71. The number of aryl methyl sites for hydroxylation is 1. The standard InChI is InChI=1S/C16H18OS/c1-2-14-8-10-15(11-9-14)17-12-13-18-16-6-4-3-5-7-16/h3-11H,2,12-13H2,1H3. The van der Waals surface area contributed by atoms with Crippen molar-refractivity contribution in [2.45, 2.75) is 18.2 Å². The van der Waals surface area contributed by atoms with Crippen LogP contribution in [0.4, 0.5) is 0 Å². The summed E-state index contributed by atoms with van der Waals surface area (Å²) in [7, 11) is 0. The lowest BCUT2D eigenvalue weighted by atomic mass is 10.2. The van der Waals surface area contributed by atoms with Crippen molar-refractivity contribution in [3.63, 3.8) is 0 Å². The fourth-order valence-electron chi connectivity index (χ4n) is 1.66. The largest absolute Gasteiger partial charge is 0.493 e. The molecule has 1 nitrogen and oxygen atoms in total. The monoisotopic (exact) mass is 258 g/mol. The minimum Gasteiger partial charge on any atom is -0.493 e. The number of hydrogen-bond donors (Lipinski definition) is 0. The first-order valence-electron chi connectivity index (χ1n) is 6.28. The Bertz CT molecular complexity index is 450. The van der Waals surface area contributed by atoms with E-state index in [1.807, 2.05) is 30.0 Å². The average molecular weight is 258 g/mol. The fourth-order valence-corrected chi connectivity index (χ4v) is 2.41. The van der Waals surface area contributed by atoms with Crippen LogP contribution in [0.1, 0.15) is 12.5 Å². The first-order valence-corrected chi connectivity index (χ1v) is 7.26. The van der Waals surface area contributed by atoms with E-state index in [1.165, 1.54) is 10.5 Å². The van der Waals surface area contributed by atoms with Crippen molar-refractivity contribution in [1.82, 2.24) is 0 Å². The van der Waals surface area contributed by atoms with Crippen molar-refractivity contribution in [3.8, 4) is 5.75 Å². The SMILES string of the molecule is CCc1ccc(OCCSc2ccccc2)cc1. The Hall–Kier alpha value is -1.41. The number of hydrogen-bond acceptors (Lipinski definition) is 2. The molecule has 0 aliphatic carbocycles. The van der Waals surface area contributed by atoms with Gasteiger partial charge in [0.25, 0.3) is 0 Å². The molecule has 0 N–H and O–H groups in total. The zero-order valence-electron chi connectivity index (χ0n) is 10.6. The van der Waals surface area contributed by atoms with Gasteiger partial charge in [0.2, 0.25) is 0 Å². The Morgan fingerprint density at radius 2 is 1.67 bits per heavy atom. The van der Waals surface area contributed by atoms with E-state index in [-0.39, 0.29) is 0 Å². The normalized spacial score (nSPS) is 10.3. The van der Waals surface area contributed by atoms with Crippen molar-refractivity contribution in [2.75, 3.05) is 12.4 Å². The molecule has 0 aromatic heterocycles. The van der Waals surface area contributed by atoms with E-state index < -0.39 is 0 Å². The lowest BCUT2D eigenvalue weighted by molar-refractivity contribution is 0.344. The molecule has 0 aliphatic rings. The molecule has 0 saturated carbocycles. The van der Waals surface area contributed by atoms with Crippen LogP contribution in [0.5, 0.6) is 5.75 Å². The highest BCUT2D eigenvalue weighted by molar-refractivity contribution is 7.99. The van der Waals surface area contributed by atoms with Gasteiger partial charge >= 0.3 is 0 Å². The predicted octanol–water partition coefficient (Wildman–Crippen LogP) is 4.42. The summed E-state index contributed by atoms with van der Waals surface area (Å²) in [5, 5.41) is 0. The maximum absolute atomic E-state index is 5.71. The van der Waals surface area contributed by atoms with Crippen LogP contribution in [0.2, 0.25) is 0 Å². The maximum Gasteiger partial charge on any atom is 0.119 e. The van der Waals surface area contributed by atoms with E-state index in [0.29, 0.717) is 0 Å². The Balaban J connectivity index is 1.72. The third-order valence-electron chi connectivity index (χ3n) is 2.70. The molecule has 94 valence electrons. The molecule has 2 heteroatoms. The van der Waals surface area contributed by atoms with E-state index in [0.717, 1.165) is 24.5 Å². The van der Waals surface area contributed by atoms with Gasteiger partial charge < -0.3 is 4.74 Å². The van der Waals surface area contributed by atoms with Crippen LogP contribution in [-0.4, -0.2) is 12.4 Å². The molecule has 2 aromatic rings. The third kappa shape index (κ3) is 4.11. The second-order valence-electron chi connectivity index (χ2n) is 4.01. The van der Waals surface area contributed by atoms with Gasteiger partial charge in [-0.15, -0.1) is 11.8 Å². The van der Waals surface area contributed by atoms with Gasteiger partial charge in [-0.05, 0) is 36.2 Å². The highest BCUT2D eigenvalue weighted by atomic mass is 32.2. The molecule has 18 heavy (non-hydrogen) atoms. The van der Waals surface area contributed by atoms with E-state index in [2.05, 4.69) is 43.3 Å². The molecule has 0 radical (unpaired) electrons. The van der Waals surface area contributed by atoms with Crippen molar-refractivity contribution >= 4 is 11.8 Å². The molecule has 0 fully saturated rings. The minimum absolute atomic E-state index is 0.741. The zero-order valence-corrected chi connectivity index (χ0v) is 11.5. The lowest BCUT2D eigenvalue weighted by Gasteiger charge is -2.06. The van der Waals surface area contributed by atoms with Gasteiger partial charge in [0.1, 0.15) is 5.75 Å². The zero-order chi connectivity index (χ0) is 12.6. The molecule has 0 saturated heterocycles. The van der Waals surface area contributed by atoms with Crippen molar-refractivity contribution in [3.05, 3.63) is 60.2 Å². The highest BCUT2D eigenvalue weighted by Crippen LogP contribution is 2.17. The maximum atomic E-state index is 5.71. The van der Waals surface area contributed by atoms with Gasteiger partial charge in [0.15, 0.2) is 0 Å². The van der Waals surface area contributed by atoms with Gasteiger partial charge in [0.05, 0.1) is 6.61 Å². The van der Waals surface area contributed by atoms with Crippen LogP contribution in [0.25, 0.3) is 0 Å². The predicted molar refractivity (Wildman–Crippen MR) is 78.5 cm³/mol. The molecular weight excluding hydrogens is 240 g/mol. The van der Waals surface area contributed by atoms with Crippen LogP contribution in [0.15, 0.2) is 59.5 Å². The summed E-state index contributed by atoms with van der Waals surface area (Å²) in [4.78, 5) is 1.29. The molecule has 0 amide bonds. The van der Waals surface area contributed by atoms with E-state index >= 15 is 0 Å². The van der Waals surface area contributed by atoms with Crippen molar-refractivity contribution < 1.29 is 4.74 Å². The van der Waals surface area contributed by atoms with Gasteiger partial charge in [-0.2, -0.15) is 0 Å². The molecule has 0 unspecified atom stereocenters. The van der Waals surface area contributed by atoms with Gasteiger partial charge in [-0.3, -0.25) is 0 Å². The average Bonchev–Trinajstić information content (AvgIpc) is 2.45. The van der Waals surface area contributed by atoms with Gasteiger partial charge in [0, 0.05) is 10.6 Å². The number of rotatable bonds is 6. The van der Waals surface area contributed by atoms with Crippen molar-refractivity contribution in [2.24, 2.45) is 0 Å². The molecule has 2 rings (SSSR count). The van der Waals surface area contributed by atoms with E-state index in [1.54, 1.807) is 0 Å².